The van der Waals surface area contributed by atoms with Gasteiger partial charge in [-0.1, -0.05) is 111 Å². The van der Waals surface area contributed by atoms with Crippen molar-refractivity contribution < 1.29 is 25.2 Å². The topological polar surface area (TPSA) is 57.2 Å². The van der Waals surface area contributed by atoms with Crippen molar-refractivity contribution >= 4 is 49.3 Å². The molecule has 0 spiro atoms. The first-order valence-electron chi connectivity index (χ1n) is 17.3. The molecule has 0 aliphatic carbocycles. The molecule has 1 aliphatic rings. The third-order valence-corrected chi connectivity index (χ3v) is 10.8. The second-order valence-corrected chi connectivity index (χ2v) is 13.9. The predicted octanol–water partition coefficient (Wildman–Crippen LogP) is 10.5. The molecular formula is C44H33N5OPd. The minimum absolute atomic E-state index is 0. The van der Waals surface area contributed by atoms with E-state index < -0.39 is 0 Å². The van der Waals surface area contributed by atoms with E-state index in [1.165, 1.54) is 22.0 Å². The quantitative estimate of drug-likeness (QED) is 0.0998. The number of para-hydroxylation sites is 1. The molecule has 9 aromatic rings. The SMILES string of the molecule is CC(C)C1(C(C)C)c2cccnc2-n2c3[c-]c(Oc4[c-]c5c(cc4)c4ncccc4n4cc(-c6ccccc6)nc54)ccc3c3cccc1c32.[Pd+2]. The maximum absolute atomic E-state index is 6.59. The third-order valence-electron chi connectivity index (χ3n) is 10.8. The molecular weight excluding hydrogens is 721 g/mol. The van der Waals surface area contributed by atoms with Crippen LogP contribution in [0.3, 0.4) is 0 Å². The van der Waals surface area contributed by atoms with Crippen molar-refractivity contribution in [2.75, 3.05) is 0 Å². The van der Waals surface area contributed by atoms with Gasteiger partial charge in [0.2, 0.25) is 0 Å². The average Bonchev–Trinajstić information content (AvgIpc) is 3.74. The molecule has 10 rings (SSSR count). The third kappa shape index (κ3) is 4.35. The largest absolute Gasteiger partial charge is 2.00 e. The molecule has 250 valence electrons. The molecule has 5 aromatic heterocycles. The van der Waals surface area contributed by atoms with E-state index in [1.807, 2.05) is 48.8 Å². The van der Waals surface area contributed by atoms with Crippen LogP contribution in [0.4, 0.5) is 0 Å². The van der Waals surface area contributed by atoms with Gasteiger partial charge in [-0.25, -0.2) is 4.98 Å². The second-order valence-electron chi connectivity index (χ2n) is 13.9. The van der Waals surface area contributed by atoms with E-state index in [2.05, 4.69) is 116 Å². The van der Waals surface area contributed by atoms with Gasteiger partial charge in [-0.05, 0) is 41.0 Å². The fourth-order valence-electron chi connectivity index (χ4n) is 8.84. The molecule has 6 heterocycles. The molecule has 0 unspecified atom stereocenters. The van der Waals surface area contributed by atoms with Crippen LogP contribution < -0.4 is 4.74 Å². The standard InChI is InChI=1S/C44H33N5O.Pd/c1-26(2)44(27(3)4)35-14-8-13-33-31-19-17-30(24-39(31)49(41(33)35)43-36(44)15-9-22-46-43)50-29-18-20-32-34(23-29)42-47-37(28-11-6-5-7-12-28)25-48(42)38-16-10-21-45-40(32)38;/h5-22,25-27H,1-4H3;/q-2;+2. The number of rotatable bonds is 5. The Morgan fingerprint density at radius 2 is 1.41 bits per heavy atom. The van der Waals surface area contributed by atoms with Crippen molar-refractivity contribution in [1.29, 1.82) is 0 Å². The maximum atomic E-state index is 6.59. The van der Waals surface area contributed by atoms with Crippen LogP contribution in [0.2, 0.25) is 0 Å². The summed E-state index contributed by atoms with van der Waals surface area (Å²) >= 11 is 0. The molecule has 6 nitrogen and oxygen atoms in total. The summed E-state index contributed by atoms with van der Waals surface area (Å²) in [6, 6.07) is 40.8. The molecule has 4 aromatic carbocycles. The molecule has 0 amide bonds. The summed E-state index contributed by atoms with van der Waals surface area (Å²) in [6.07, 6.45) is 5.81. The van der Waals surface area contributed by atoms with Crippen molar-refractivity contribution in [3.05, 3.63) is 139 Å². The van der Waals surface area contributed by atoms with Gasteiger partial charge in [0.25, 0.3) is 0 Å². The zero-order valence-corrected chi connectivity index (χ0v) is 30.1. The van der Waals surface area contributed by atoms with E-state index in [4.69, 9.17) is 19.7 Å². The van der Waals surface area contributed by atoms with Crippen LogP contribution in [0.25, 0.3) is 66.3 Å². The number of imidazole rings is 1. The van der Waals surface area contributed by atoms with Gasteiger partial charge in [-0.15, -0.1) is 23.6 Å². The molecule has 0 N–H and O–H groups in total. The van der Waals surface area contributed by atoms with Crippen LogP contribution in [0, 0.1) is 24.0 Å². The van der Waals surface area contributed by atoms with Crippen molar-refractivity contribution in [2.45, 2.75) is 33.1 Å². The van der Waals surface area contributed by atoms with E-state index in [0.29, 0.717) is 23.3 Å². The minimum atomic E-state index is -0.176. The van der Waals surface area contributed by atoms with Crippen LogP contribution in [-0.2, 0) is 25.8 Å². The van der Waals surface area contributed by atoms with E-state index in [1.54, 1.807) is 0 Å². The summed E-state index contributed by atoms with van der Waals surface area (Å²) in [5.41, 5.74) is 9.21. The smallest absolute Gasteiger partial charge is 0.503 e. The molecule has 0 saturated carbocycles. The monoisotopic (exact) mass is 753 g/mol. The fourth-order valence-corrected chi connectivity index (χ4v) is 8.84. The van der Waals surface area contributed by atoms with Crippen LogP contribution >= 0.6 is 0 Å². The van der Waals surface area contributed by atoms with E-state index in [9.17, 15) is 0 Å². The number of benzene rings is 4. The van der Waals surface area contributed by atoms with Gasteiger partial charge in [0.05, 0.1) is 22.4 Å². The first-order chi connectivity index (χ1) is 24.4. The van der Waals surface area contributed by atoms with E-state index in [0.717, 1.165) is 55.4 Å². The Balaban J connectivity index is 0.00000348. The Morgan fingerprint density at radius 1 is 0.686 bits per heavy atom. The van der Waals surface area contributed by atoms with Gasteiger partial charge in [0.15, 0.2) is 0 Å². The molecule has 0 bridgehead atoms. The van der Waals surface area contributed by atoms with Crippen LogP contribution in [-0.4, -0.2) is 23.9 Å². The Labute approximate surface area is 309 Å². The summed E-state index contributed by atoms with van der Waals surface area (Å²) in [5.74, 6) is 2.90. The number of hydrogen-bond acceptors (Lipinski definition) is 4. The molecule has 0 saturated heterocycles. The number of pyridine rings is 3. The Hall–Kier alpha value is -5.35. The van der Waals surface area contributed by atoms with Gasteiger partial charge >= 0.3 is 20.4 Å². The summed E-state index contributed by atoms with van der Waals surface area (Å²) in [4.78, 5) is 14.9. The average molecular weight is 754 g/mol. The maximum Gasteiger partial charge on any atom is 2.00 e. The molecule has 0 radical (unpaired) electrons. The molecule has 0 atom stereocenters. The number of aromatic nitrogens is 5. The normalized spacial score (nSPS) is 13.5. The number of hydrogen-bond donors (Lipinski definition) is 0. The number of ether oxygens (including phenoxy) is 1. The summed E-state index contributed by atoms with van der Waals surface area (Å²) in [7, 11) is 0. The van der Waals surface area contributed by atoms with Crippen molar-refractivity contribution in [2.24, 2.45) is 11.8 Å². The Kier molecular flexibility index (Phi) is 7.19. The number of nitrogens with zero attached hydrogens (tertiary/aromatic N) is 5. The van der Waals surface area contributed by atoms with Gasteiger partial charge in [-0.3, -0.25) is 9.97 Å². The van der Waals surface area contributed by atoms with Crippen LogP contribution in [0.5, 0.6) is 11.5 Å². The molecule has 51 heavy (non-hydrogen) atoms. The zero-order chi connectivity index (χ0) is 33.7. The summed E-state index contributed by atoms with van der Waals surface area (Å²) in [5, 5.41) is 4.15. The van der Waals surface area contributed by atoms with E-state index >= 15 is 0 Å². The molecule has 7 heteroatoms. The van der Waals surface area contributed by atoms with Gasteiger partial charge < -0.3 is 13.7 Å². The molecule has 0 fully saturated rings. The fraction of sp³-hybridized carbons (Fsp3) is 0.159. The van der Waals surface area contributed by atoms with E-state index in [-0.39, 0.29) is 25.8 Å². The Bertz CT molecular complexity index is 2810. The van der Waals surface area contributed by atoms with Gasteiger partial charge in [-0.2, -0.15) is 6.07 Å². The van der Waals surface area contributed by atoms with Crippen LogP contribution in [0.1, 0.15) is 38.8 Å². The second kappa shape index (κ2) is 11.6. The van der Waals surface area contributed by atoms with Gasteiger partial charge in [0.1, 0.15) is 5.82 Å². The van der Waals surface area contributed by atoms with Crippen molar-refractivity contribution in [3.8, 4) is 28.6 Å². The van der Waals surface area contributed by atoms with Crippen molar-refractivity contribution in [3.63, 3.8) is 0 Å². The van der Waals surface area contributed by atoms with Crippen LogP contribution in [0.15, 0.2) is 116 Å². The molecule has 1 aliphatic heterocycles. The zero-order valence-electron chi connectivity index (χ0n) is 28.6. The first kappa shape index (κ1) is 31.6. The number of fused-ring (bicyclic) bond motifs is 11. The summed E-state index contributed by atoms with van der Waals surface area (Å²) < 4.78 is 11.0. The van der Waals surface area contributed by atoms with Crippen molar-refractivity contribution in [1.82, 2.24) is 23.9 Å². The Morgan fingerprint density at radius 3 is 2.22 bits per heavy atom. The minimum Gasteiger partial charge on any atom is -0.503 e. The van der Waals surface area contributed by atoms with Gasteiger partial charge in [0, 0.05) is 52.1 Å². The predicted molar refractivity (Wildman–Crippen MR) is 200 cm³/mol. The first-order valence-corrected chi connectivity index (χ1v) is 17.3. The summed E-state index contributed by atoms with van der Waals surface area (Å²) in [6.45, 7) is 9.35.